The Morgan fingerprint density at radius 2 is 1.68 bits per heavy atom. The van der Waals surface area contributed by atoms with E-state index >= 15 is 0 Å². The Morgan fingerprint density at radius 1 is 1.00 bits per heavy atom. The minimum Gasteiger partial charge on any atom is -0.368 e. The van der Waals surface area contributed by atoms with Crippen molar-refractivity contribution in [1.82, 2.24) is 15.0 Å². The van der Waals surface area contributed by atoms with Crippen molar-refractivity contribution >= 4 is 28.4 Å². The van der Waals surface area contributed by atoms with Crippen molar-refractivity contribution in [3.05, 3.63) is 81.5 Å². The third kappa shape index (κ3) is 3.96. The number of piperazine rings is 1. The molecule has 1 amide bonds. The van der Waals surface area contributed by atoms with Gasteiger partial charge in [0.2, 0.25) is 0 Å². The van der Waals surface area contributed by atoms with E-state index in [1.54, 1.807) is 12.1 Å². The van der Waals surface area contributed by atoms with Gasteiger partial charge in [0, 0.05) is 49.6 Å². The number of nitro groups is 1. The molecule has 34 heavy (non-hydrogen) atoms. The van der Waals surface area contributed by atoms with Gasteiger partial charge in [0.15, 0.2) is 0 Å². The van der Waals surface area contributed by atoms with Crippen LogP contribution in [0.2, 0.25) is 0 Å². The molecule has 0 N–H and O–H groups in total. The number of hydrogen-bond acceptors (Lipinski definition) is 7. The SMILES string of the molecule is Cc1ccc(-c2cc(C(=O)N3CCN(c4ccc([N+](=O)[O-])cc4)CC3)c3c(C)noc3n2)cc1. The zero-order valence-corrected chi connectivity index (χ0v) is 18.9. The van der Waals surface area contributed by atoms with E-state index in [1.807, 2.05) is 49.1 Å². The van der Waals surface area contributed by atoms with E-state index in [1.165, 1.54) is 12.1 Å². The smallest absolute Gasteiger partial charge is 0.269 e. The third-order valence-electron chi connectivity index (χ3n) is 6.19. The van der Waals surface area contributed by atoms with Gasteiger partial charge in [0.1, 0.15) is 0 Å². The molecule has 1 aliphatic heterocycles. The van der Waals surface area contributed by atoms with Crippen molar-refractivity contribution in [2.75, 3.05) is 31.1 Å². The molecule has 9 heteroatoms. The van der Waals surface area contributed by atoms with Crippen LogP contribution in [0.3, 0.4) is 0 Å². The molecule has 9 nitrogen and oxygen atoms in total. The number of carbonyl (C=O) groups excluding carboxylic acids is 1. The molecule has 0 unspecified atom stereocenters. The average Bonchev–Trinajstić information content (AvgIpc) is 3.24. The number of hydrogen-bond donors (Lipinski definition) is 0. The summed E-state index contributed by atoms with van der Waals surface area (Å²) in [6, 6.07) is 16.3. The minimum absolute atomic E-state index is 0.0627. The lowest BCUT2D eigenvalue weighted by Gasteiger charge is -2.36. The highest BCUT2D eigenvalue weighted by atomic mass is 16.6. The van der Waals surface area contributed by atoms with Crippen LogP contribution in [0.15, 0.2) is 59.1 Å². The lowest BCUT2D eigenvalue weighted by Crippen LogP contribution is -2.48. The van der Waals surface area contributed by atoms with Crippen molar-refractivity contribution < 1.29 is 14.2 Å². The maximum atomic E-state index is 13.6. The van der Waals surface area contributed by atoms with Crippen molar-refractivity contribution in [3.8, 4) is 11.3 Å². The van der Waals surface area contributed by atoms with Crippen molar-refractivity contribution in [2.45, 2.75) is 13.8 Å². The number of fused-ring (bicyclic) bond motifs is 1. The van der Waals surface area contributed by atoms with Crippen LogP contribution in [0, 0.1) is 24.0 Å². The molecule has 0 radical (unpaired) electrons. The fraction of sp³-hybridized carbons (Fsp3) is 0.240. The Balaban J connectivity index is 1.39. The van der Waals surface area contributed by atoms with Crippen molar-refractivity contribution in [1.29, 1.82) is 0 Å². The maximum absolute atomic E-state index is 13.6. The minimum atomic E-state index is -0.409. The van der Waals surface area contributed by atoms with E-state index in [0.717, 1.165) is 16.8 Å². The van der Waals surface area contributed by atoms with Gasteiger partial charge in [0.25, 0.3) is 17.3 Å². The topological polar surface area (TPSA) is 106 Å². The van der Waals surface area contributed by atoms with Gasteiger partial charge < -0.3 is 14.3 Å². The highest BCUT2D eigenvalue weighted by Gasteiger charge is 2.27. The molecular formula is C25H23N5O4. The summed E-state index contributed by atoms with van der Waals surface area (Å²) in [5.74, 6) is -0.0876. The number of non-ortho nitro benzene ring substituents is 1. The first-order chi connectivity index (χ1) is 16.4. The van der Waals surface area contributed by atoms with E-state index in [2.05, 4.69) is 15.0 Å². The lowest BCUT2D eigenvalue weighted by atomic mass is 10.0. The number of carbonyl (C=O) groups is 1. The first-order valence-electron chi connectivity index (χ1n) is 11.0. The van der Waals surface area contributed by atoms with Crippen LogP contribution < -0.4 is 4.90 Å². The van der Waals surface area contributed by atoms with Crippen molar-refractivity contribution in [2.24, 2.45) is 0 Å². The normalized spacial score (nSPS) is 13.9. The number of anilines is 1. The van der Waals surface area contributed by atoms with Crippen LogP contribution in [0.1, 0.15) is 21.6 Å². The van der Waals surface area contributed by atoms with E-state index in [-0.39, 0.29) is 11.6 Å². The molecule has 2 aromatic heterocycles. The molecule has 5 rings (SSSR count). The Morgan fingerprint density at radius 3 is 2.32 bits per heavy atom. The Labute approximate surface area is 195 Å². The zero-order valence-electron chi connectivity index (χ0n) is 18.9. The van der Waals surface area contributed by atoms with E-state index in [0.29, 0.717) is 54.2 Å². The number of rotatable bonds is 4. The summed E-state index contributed by atoms with van der Waals surface area (Å²) in [5, 5.41) is 15.6. The molecule has 1 fully saturated rings. The van der Waals surface area contributed by atoms with Gasteiger partial charge in [-0.05, 0) is 32.0 Å². The van der Waals surface area contributed by atoms with Gasteiger partial charge in [-0.1, -0.05) is 35.0 Å². The number of nitro benzene ring substituents is 1. The van der Waals surface area contributed by atoms with Crippen LogP contribution in [0.5, 0.6) is 0 Å². The molecular weight excluding hydrogens is 434 g/mol. The van der Waals surface area contributed by atoms with Gasteiger partial charge in [0.05, 0.1) is 27.3 Å². The third-order valence-corrected chi connectivity index (χ3v) is 6.19. The molecule has 0 saturated carbocycles. The van der Waals surface area contributed by atoms with Crippen LogP contribution in [-0.4, -0.2) is 52.1 Å². The van der Waals surface area contributed by atoms with Crippen molar-refractivity contribution in [3.63, 3.8) is 0 Å². The summed E-state index contributed by atoms with van der Waals surface area (Å²) in [4.78, 5) is 32.6. The maximum Gasteiger partial charge on any atom is 0.269 e. The van der Waals surface area contributed by atoms with Gasteiger partial charge in [-0.25, -0.2) is 4.98 Å². The lowest BCUT2D eigenvalue weighted by molar-refractivity contribution is -0.384. The Bertz CT molecular complexity index is 1370. The summed E-state index contributed by atoms with van der Waals surface area (Å²) >= 11 is 0. The number of benzene rings is 2. The fourth-order valence-corrected chi connectivity index (χ4v) is 4.26. The second kappa shape index (κ2) is 8.58. The monoisotopic (exact) mass is 457 g/mol. The molecule has 0 spiro atoms. The summed E-state index contributed by atoms with van der Waals surface area (Å²) in [5.41, 5.74) is 5.18. The largest absolute Gasteiger partial charge is 0.368 e. The molecule has 4 aromatic rings. The number of pyridine rings is 1. The second-order valence-corrected chi connectivity index (χ2v) is 8.42. The zero-order chi connectivity index (χ0) is 23.8. The number of amides is 1. The Hall–Kier alpha value is -4.27. The predicted molar refractivity (Wildman–Crippen MR) is 128 cm³/mol. The highest BCUT2D eigenvalue weighted by molar-refractivity contribution is 6.07. The molecule has 1 saturated heterocycles. The summed E-state index contributed by atoms with van der Waals surface area (Å²) in [7, 11) is 0. The van der Waals surface area contributed by atoms with E-state index < -0.39 is 4.92 Å². The van der Waals surface area contributed by atoms with Crippen LogP contribution in [0.4, 0.5) is 11.4 Å². The fourth-order valence-electron chi connectivity index (χ4n) is 4.26. The standard InChI is InChI=1S/C25H23N5O4/c1-16-3-5-18(6-4-16)22-15-21(23-17(2)27-34-24(23)26-22)25(31)29-13-11-28(12-14-29)19-7-9-20(10-8-19)30(32)33/h3-10,15H,11-14H2,1-2H3. The average molecular weight is 457 g/mol. The molecule has 2 aromatic carbocycles. The van der Waals surface area contributed by atoms with Crippen LogP contribution in [0.25, 0.3) is 22.4 Å². The Kier molecular flexibility index (Phi) is 5.45. The van der Waals surface area contributed by atoms with E-state index in [4.69, 9.17) is 4.52 Å². The van der Waals surface area contributed by atoms with Gasteiger partial charge in [-0.3, -0.25) is 14.9 Å². The van der Waals surface area contributed by atoms with Gasteiger partial charge >= 0.3 is 0 Å². The van der Waals surface area contributed by atoms with Crippen LogP contribution in [-0.2, 0) is 0 Å². The summed E-state index contributed by atoms with van der Waals surface area (Å²) in [6.45, 7) is 6.15. The van der Waals surface area contributed by atoms with Gasteiger partial charge in [-0.2, -0.15) is 0 Å². The van der Waals surface area contributed by atoms with E-state index in [9.17, 15) is 14.9 Å². The molecule has 0 aliphatic carbocycles. The number of nitrogens with zero attached hydrogens (tertiary/aromatic N) is 5. The molecule has 0 atom stereocenters. The molecule has 1 aliphatic rings. The van der Waals surface area contributed by atoms with Crippen LogP contribution >= 0.6 is 0 Å². The number of aryl methyl sites for hydroxylation is 2. The predicted octanol–water partition coefficient (Wildman–Crippen LogP) is 4.38. The first kappa shape index (κ1) is 21.6. The molecule has 0 bridgehead atoms. The molecule has 3 heterocycles. The molecule has 172 valence electrons. The summed E-state index contributed by atoms with van der Waals surface area (Å²) < 4.78 is 5.43. The highest BCUT2D eigenvalue weighted by Crippen LogP contribution is 2.29. The second-order valence-electron chi connectivity index (χ2n) is 8.42. The van der Waals surface area contributed by atoms with Gasteiger partial charge in [-0.15, -0.1) is 0 Å². The number of aromatic nitrogens is 2. The summed E-state index contributed by atoms with van der Waals surface area (Å²) in [6.07, 6.45) is 0. The first-order valence-corrected chi connectivity index (χ1v) is 11.0. The quantitative estimate of drug-likeness (QED) is 0.331.